The zero-order valence-electron chi connectivity index (χ0n) is 8.86. The summed E-state index contributed by atoms with van der Waals surface area (Å²) in [4.78, 5) is 22.1. The van der Waals surface area contributed by atoms with Crippen LogP contribution < -0.4 is 0 Å². The SMILES string of the molecule is CC(O)C(=O)OC1=C(O)C(=O)O[C@@H]1[C@@H](O)CO. The zero-order valence-corrected chi connectivity index (χ0v) is 8.86. The van der Waals surface area contributed by atoms with Crippen molar-refractivity contribution in [1.29, 1.82) is 0 Å². The third-order valence-electron chi connectivity index (χ3n) is 2.01. The number of carbonyl (C=O) groups excluding carboxylic acids is 2. The summed E-state index contributed by atoms with van der Waals surface area (Å²) in [6, 6.07) is 0. The van der Waals surface area contributed by atoms with Crippen LogP contribution in [0.15, 0.2) is 11.5 Å². The van der Waals surface area contributed by atoms with Gasteiger partial charge >= 0.3 is 11.9 Å². The molecule has 0 saturated heterocycles. The van der Waals surface area contributed by atoms with Gasteiger partial charge in [0.25, 0.3) is 0 Å². The molecule has 1 rings (SSSR count). The van der Waals surface area contributed by atoms with Crippen molar-refractivity contribution in [2.24, 2.45) is 0 Å². The predicted molar refractivity (Wildman–Crippen MR) is 50.4 cm³/mol. The molecule has 1 unspecified atom stereocenters. The molecule has 8 heteroatoms. The first-order valence-corrected chi connectivity index (χ1v) is 4.71. The Kier molecular flexibility index (Phi) is 4.05. The molecule has 0 aromatic carbocycles. The van der Waals surface area contributed by atoms with Crippen LogP contribution in [0, 0.1) is 0 Å². The number of aliphatic hydroxyl groups excluding tert-OH is 4. The zero-order chi connectivity index (χ0) is 13.2. The fourth-order valence-corrected chi connectivity index (χ4v) is 1.11. The van der Waals surface area contributed by atoms with E-state index in [1.54, 1.807) is 0 Å². The van der Waals surface area contributed by atoms with Crippen LogP contribution in [0.25, 0.3) is 0 Å². The molecule has 0 aliphatic carbocycles. The van der Waals surface area contributed by atoms with Gasteiger partial charge in [-0.2, -0.15) is 0 Å². The lowest BCUT2D eigenvalue weighted by atomic mass is 10.2. The number of cyclic esters (lactones) is 1. The number of carbonyl (C=O) groups is 2. The fraction of sp³-hybridized carbons (Fsp3) is 0.556. The maximum absolute atomic E-state index is 11.1. The van der Waals surface area contributed by atoms with E-state index in [4.69, 9.17) is 10.2 Å². The van der Waals surface area contributed by atoms with Crippen molar-refractivity contribution >= 4 is 11.9 Å². The molecule has 0 radical (unpaired) electrons. The van der Waals surface area contributed by atoms with Crippen molar-refractivity contribution in [3.63, 3.8) is 0 Å². The molecule has 0 saturated carbocycles. The van der Waals surface area contributed by atoms with E-state index in [2.05, 4.69) is 9.47 Å². The molecular formula is C9H12O8. The summed E-state index contributed by atoms with van der Waals surface area (Å²) in [5, 5.41) is 36.1. The second-order valence-corrected chi connectivity index (χ2v) is 3.39. The monoisotopic (exact) mass is 248 g/mol. The highest BCUT2D eigenvalue weighted by Gasteiger charge is 2.42. The predicted octanol–water partition coefficient (Wildman–Crippen LogP) is -2.04. The number of esters is 2. The van der Waals surface area contributed by atoms with Gasteiger partial charge in [-0.15, -0.1) is 0 Å². The number of rotatable bonds is 4. The lowest BCUT2D eigenvalue weighted by Crippen LogP contribution is -2.34. The average molecular weight is 248 g/mol. The molecule has 0 fully saturated rings. The van der Waals surface area contributed by atoms with Crippen LogP contribution in [0.2, 0.25) is 0 Å². The van der Waals surface area contributed by atoms with Gasteiger partial charge in [-0.05, 0) is 6.92 Å². The highest BCUT2D eigenvalue weighted by molar-refractivity contribution is 5.90. The van der Waals surface area contributed by atoms with Gasteiger partial charge in [-0.25, -0.2) is 9.59 Å². The molecule has 0 amide bonds. The van der Waals surface area contributed by atoms with Gasteiger partial charge in [0, 0.05) is 0 Å². The van der Waals surface area contributed by atoms with Crippen LogP contribution in [0.1, 0.15) is 6.92 Å². The van der Waals surface area contributed by atoms with Gasteiger partial charge in [0.1, 0.15) is 12.2 Å². The first-order valence-electron chi connectivity index (χ1n) is 4.71. The van der Waals surface area contributed by atoms with E-state index in [1.165, 1.54) is 0 Å². The molecule has 96 valence electrons. The quantitative estimate of drug-likeness (QED) is 0.418. The van der Waals surface area contributed by atoms with Gasteiger partial charge < -0.3 is 29.9 Å². The second kappa shape index (κ2) is 5.13. The van der Waals surface area contributed by atoms with Crippen LogP contribution in [0.3, 0.4) is 0 Å². The van der Waals surface area contributed by atoms with Crippen LogP contribution in [-0.2, 0) is 19.1 Å². The normalized spacial score (nSPS) is 23.3. The molecule has 17 heavy (non-hydrogen) atoms. The third kappa shape index (κ3) is 2.73. The Morgan fingerprint density at radius 1 is 1.53 bits per heavy atom. The molecule has 0 aromatic heterocycles. The van der Waals surface area contributed by atoms with Crippen molar-refractivity contribution in [3.05, 3.63) is 11.5 Å². The van der Waals surface area contributed by atoms with E-state index in [-0.39, 0.29) is 0 Å². The lowest BCUT2D eigenvalue weighted by molar-refractivity contribution is -0.155. The van der Waals surface area contributed by atoms with E-state index in [0.717, 1.165) is 6.92 Å². The van der Waals surface area contributed by atoms with Crippen molar-refractivity contribution in [2.45, 2.75) is 25.2 Å². The van der Waals surface area contributed by atoms with Crippen LogP contribution in [-0.4, -0.2) is 57.3 Å². The minimum atomic E-state index is -1.54. The van der Waals surface area contributed by atoms with Crippen molar-refractivity contribution < 1.29 is 39.5 Å². The number of hydrogen-bond donors (Lipinski definition) is 4. The van der Waals surface area contributed by atoms with Crippen molar-refractivity contribution in [3.8, 4) is 0 Å². The highest BCUT2D eigenvalue weighted by Crippen LogP contribution is 2.25. The third-order valence-corrected chi connectivity index (χ3v) is 2.01. The van der Waals surface area contributed by atoms with Gasteiger partial charge in [0.15, 0.2) is 6.10 Å². The molecule has 4 N–H and O–H groups in total. The Morgan fingerprint density at radius 3 is 2.59 bits per heavy atom. The molecule has 1 aliphatic rings. The van der Waals surface area contributed by atoms with Crippen molar-refractivity contribution in [2.75, 3.05) is 6.61 Å². The molecule has 0 spiro atoms. The summed E-state index contributed by atoms with van der Waals surface area (Å²) in [6.07, 6.45) is -4.49. The maximum atomic E-state index is 11.1. The molecule has 1 heterocycles. The van der Waals surface area contributed by atoms with Crippen LogP contribution >= 0.6 is 0 Å². The van der Waals surface area contributed by atoms with E-state index < -0.39 is 48.4 Å². The smallest absolute Gasteiger partial charge is 0.378 e. The lowest BCUT2D eigenvalue weighted by Gasteiger charge is -2.17. The Labute approximate surface area is 95.7 Å². The second-order valence-electron chi connectivity index (χ2n) is 3.39. The Balaban J connectivity index is 2.90. The summed E-state index contributed by atoms with van der Waals surface area (Å²) in [5.41, 5.74) is 0. The topological polar surface area (TPSA) is 134 Å². The largest absolute Gasteiger partial charge is 0.499 e. The van der Waals surface area contributed by atoms with Crippen molar-refractivity contribution in [1.82, 2.24) is 0 Å². The Hall–Kier alpha value is -1.64. The minimum absolute atomic E-state index is 0.623. The Bertz CT molecular complexity index is 358. The highest BCUT2D eigenvalue weighted by atomic mass is 16.6. The molecular weight excluding hydrogens is 236 g/mol. The first-order chi connectivity index (χ1) is 7.88. The molecule has 0 bridgehead atoms. The van der Waals surface area contributed by atoms with E-state index in [9.17, 15) is 19.8 Å². The summed E-state index contributed by atoms with van der Waals surface area (Å²) in [5.74, 6) is -3.91. The van der Waals surface area contributed by atoms with Gasteiger partial charge in [-0.1, -0.05) is 0 Å². The summed E-state index contributed by atoms with van der Waals surface area (Å²) in [7, 11) is 0. The molecule has 1 aliphatic heterocycles. The van der Waals surface area contributed by atoms with E-state index >= 15 is 0 Å². The van der Waals surface area contributed by atoms with Gasteiger partial charge in [0.05, 0.1) is 6.61 Å². The Morgan fingerprint density at radius 2 is 2.12 bits per heavy atom. The number of aliphatic hydroxyl groups is 4. The minimum Gasteiger partial charge on any atom is -0.499 e. The molecule has 8 nitrogen and oxygen atoms in total. The standard InChI is InChI=1S/C9H12O8/c1-3(11)8(14)17-7-5(13)9(15)16-6(7)4(12)2-10/h3-4,6,10-13H,2H2,1H3/t3?,4-,6+/m0/s1. The van der Waals surface area contributed by atoms with Crippen LogP contribution in [0.4, 0.5) is 0 Å². The first kappa shape index (κ1) is 13.4. The molecule has 0 aromatic rings. The summed E-state index contributed by atoms with van der Waals surface area (Å²) < 4.78 is 9.00. The average Bonchev–Trinajstić information content (AvgIpc) is 2.56. The van der Waals surface area contributed by atoms with E-state index in [0.29, 0.717) is 0 Å². The fourth-order valence-electron chi connectivity index (χ4n) is 1.11. The summed E-state index contributed by atoms with van der Waals surface area (Å²) >= 11 is 0. The van der Waals surface area contributed by atoms with Crippen LogP contribution in [0.5, 0.6) is 0 Å². The number of hydrogen-bond acceptors (Lipinski definition) is 8. The van der Waals surface area contributed by atoms with E-state index in [1.807, 2.05) is 0 Å². The number of ether oxygens (including phenoxy) is 2. The molecule has 3 atom stereocenters. The summed E-state index contributed by atoms with van der Waals surface area (Å²) in [6.45, 7) is 0.357. The van der Waals surface area contributed by atoms with Gasteiger partial charge in [0.2, 0.25) is 11.5 Å². The van der Waals surface area contributed by atoms with Gasteiger partial charge in [-0.3, -0.25) is 0 Å². The maximum Gasteiger partial charge on any atom is 0.378 e.